The lowest BCUT2D eigenvalue weighted by Crippen LogP contribution is -2.06. The molecule has 0 amide bonds. The van der Waals surface area contributed by atoms with Gasteiger partial charge in [-0.05, 0) is 31.5 Å². The Bertz CT molecular complexity index is 585. The van der Waals surface area contributed by atoms with E-state index in [1.165, 1.54) is 95.6 Å². The van der Waals surface area contributed by atoms with Crippen LogP contribution in [0.2, 0.25) is 0 Å². The predicted molar refractivity (Wildman–Crippen MR) is 129 cm³/mol. The molecule has 1 unspecified atom stereocenters. The van der Waals surface area contributed by atoms with Crippen LogP contribution in [0.1, 0.15) is 139 Å². The van der Waals surface area contributed by atoms with Crippen LogP contribution in [0.5, 0.6) is 5.75 Å². The number of aliphatic hydroxyl groups excluding tert-OH is 1. The molecule has 2 N–H and O–H groups in total. The van der Waals surface area contributed by atoms with Gasteiger partial charge < -0.3 is 14.9 Å². The minimum absolute atomic E-state index is 0.0292. The monoisotopic (exact) mass is 434 g/mol. The van der Waals surface area contributed by atoms with Crippen molar-refractivity contribution >= 4 is 5.97 Å². The zero-order chi connectivity index (χ0) is 22.7. The molecule has 0 spiro atoms. The third kappa shape index (κ3) is 12.8. The van der Waals surface area contributed by atoms with Crippen LogP contribution >= 0.6 is 0 Å². The number of benzene rings is 1. The highest BCUT2D eigenvalue weighted by atomic mass is 16.5. The largest absolute Gasteiger partial charge is 0.508 e. The van der Waals surface area contributed by atoms with Crippen molar-refractivity contribution in [3.8, 4) is 5.75 Å². The molecule has 0 fully saturated rings. The van der Waals surface area contributed by atoms with Gasteiger partial charge in [0, 0.05) is 5.56 Å². The topological polar surface area (TPSA) is 66.8 Å². The van der Waals surface area contributed by atoms with Crippen molar-refractivity contribution in [2.75, 3.05) is 6.61 Å². The van der Waals surface area contributed by atoms with Crippen molar-refractivity contribution < 1.29 is 19.7 Å². The maximum atomic E-state index is 11.9. The average Bonchev–Trinajstić information content (AvgIpc) is 2.76. The third-order valence-corrected chi connectivity index (χ3v) is 5.98. The molecule has 1 aromatic carbocycles. The number of carbonyl (C=O) groups is 1. The van der Waals surface area contributed by atoms with Crippen LogP contribution in [0.4, 0.5) is 0 Å². The van der Waals surface area contributed by atoms with E-state index in [2.05, 4.69) is 6.92 Å². The first-order valence-electron chi connectivity index (χ1n) is 12.8. The summed E-state index contributed by atoms with van der Waals surface area (Å²) in [5.41, 5.74) is 0.779. The zero-order valence-electron chi connectivity index (χ0n) is 20.0. The molecule has 0 saturated carbocycles. The van der Waals surface area contributed by atoms with Gasteiger partial charge in [0.05, 0.1) is 18.3 Å². The SMILES string of the molecule is CCCCCCCCCCCCCCCCCC(O)c1cc(C(=O)OCC)ccc1O. The molecule has 31 heavy (non-hydrogen) atoms. The van der Waals surface area contributed by atoms with Crippen molar-refractivity contribution in [1.82, 2.24) is 0 Å². The third-order valence-electron chi connectivity index (χ3n) is 5.98. The minimum atomic E-state index is -0.753. The second kappa shape index (κ2) is 18.1. The Morgan fingerprint density at radius 1 is 0.806 bits per heavy atom. The van der Waals surface area contributed by atoms with Crippen LogP contribution in [0.15, 0.2) is 18.2 Å². The molecule has 0 aliphatic heterocycles. The zero-order valence-corrected chi connectivity index (χ0v) is 20.0. The fourth-order valence-corrected chi connectivity index (χ4v) is 4.03. The summed E-state index contributed by atoms with van der Waals surface area (Å²) in [4.78, 5) is 11.9. The molecular weight excluding hydrogens is 388 g/mol. The van der Waals surface area contributed by atoms with Gasteiger partial charge in [-0.3, -0.25) is 0 Å². The van der Waals surface area contributed by atoms with Crippen LogP contribution < -0.4 is 0 Å². The first-order valence-corrected chi connectivity index (χ1v) is 12.8. The van der Waals surface area contributed by atoms with Gasteiger partial charge in [0.25, 0.3) is 0 Å². The number of phenolic OH excluding ortho intramolecular Hbond substituents is 1. The van der Waals surface area contributed by atoms with Crippen molar-refractivity contribution in [2.45, 2.75) is 123 Å². The van der Waals surface area contributed by atoms with E-state index in [4.69, 9.17) is 4.74 Å². The number of aliphatic hydroxyl groups is 1. The molecule has 1 atom stereocenters. The Hall–Kier alpha value is -1.55. The number of esters is 1. The van der Waals surface area contributed by atoms with Crippen LogP contribution in [0, 0.1) is 0 Å². The highest BCUT2D eigenvalue weighted by Gasteiger charge is 2.16. The summed E-state index contributed by atoms with van der Waals surface area (Å²) >= 11 is 0. The highest BCUT2D eigenvalue weighted by molar-refractivity contribution is 5.89. The van der Waals surface area contributed by atoms with E-state index in [9.17, 15) is 15.0 Å². The van der Waals surface area contributed by atoms with E-state index < -0.39 is 12.1 Å². The number of hydrogen-bond donors (Lipinski definition) is 2. The fraction of sp³-hybridized carbons (Fsp3) is 0.741. The van der Waals surface area contributed by atoms with E-state index in [1.54, 1.807) is 13.0 Å². The lowest BCUT2D eigenvalue weighted by molar-refractivity contribution is 0.0526. The normalized spacial score (nSPS) is 12.1. The Morgan fingerprint density at radius 3 is 1.77 bits per heavy atom. The van der Waals surface area contributed by atoms with Crippen molar-refractivity contribution in [3.63, 3.8) is 0 Å². The van der Waals surface area contributed by atoms with E-state index in [-0.39, 0.29) is 5.75 Å². The quantitative estimate of drug-likeness (QED) is 0.172. The smallest absolute Gasteiger partial charge is 0.338 e. The maximum Gasteiger partial charge on any atom is 0.338 e. The van der Waals surface area contributed by atoms with Crippen molar-refractivity contribution in [2.24, 2.45) is 0 Å². The number of aromatic hydroxyl groups is 1. The molecule has 178 valence electrons. The molecule has 0 radical (unpaired) electrons. The molecule has 1 rings (SSSR count). The predicted octanol–water partition coefficient (Wildman–Crippen LogP) is 7.86. The summed E-state index contributed by atoms with van der Waals surface area (Å²) in [5, 5.41) is 20.5. The summed E-state index contributed by atoms with van der Waals surface area (Å²) in [6.07, 6.45) is 19.5. The minimum Gasteiger partial charge on any atom is -0.508 e. The number of unbranched alkanes of at least 4 members (excludes halogenated alkanes) is 14. The van der Waals surface area contributed by atoms with E-state index in [0.29, 0.717) is 24.2 Å². The van der Waals surface area contributed by atoms with E-state index in [0.717, 1.165) is 12.8 Å². The Kier molecular flexibility index (Phi) is 16.0. The Balaban J connectivity index is 2.05. The first kappa shape index (κ1) is 27.5. The molecule has 4 heteroatoms. The summed E-state index contributed by atoms with van der Waals surface area (Å²) in [6.45, 7) is 4.32. The maximum absolute atomic E-state index is 11.9. The lowest BCUT2D eigenvalue weighted by atomic mass is 9.99. The molecule has 0 bridgehead atoms. The second-order valence-corrected chi connectivity index (χ2v) is 8.75. The standard InChI is InChI=1S/C27H46O4/c1-3-5-6-7-8-9-10-11-12-13-14-15-16-17-18-19-25(28)24-22-23(20-21-26(24)29)27(30)31-4-2/h20-22,25,28-29H,3-19H2,1-2H3. The highest BCUT2D eigenvalue weighted by Crippen LogP contribution is 2.29. The van der Waals surface area contributed by atoms with Crippen molar-refractivity contribution in [3.05, 3.63) is 29.3 Å². The molecule has 0 aromatic heterocycles. The van der Waals surface area contributed by atoms with Crippen LogP contribution in [0.25, 0.3) is 0 Å². The van der Waals surface area contributed by atoms with Gasteiger partial charge >= 0.3 is 5.97 Å². The molecule has 0 heterocycles. The molecule has 0 aliphatic rings. The summed E-state index contributed by atoms with van der Waals surface area (Å²) in [5.74, 6) is -0.399. The molecule has 0 saturated heterocycles. The lowest BCUT2D eigenvalue weighted by Gasteiger charge is -2.14. The van der Waals surface area contributed by atoms with Gasteiger partial charge in [-0.15, -0.1) is 0 Å². The van der Waals surface area contributed by atoms with E-state index in [1.807, 2.05) is 0 Å². The Morgan fingerprint density at radius 2 is 1.29 bits per heavy atom. The number of hydrogen-bond acceptors (Lipinski definition) is 4. The number of carbonyl (C=O) groups excluding carboxylic acids is 1. The van der Waals surface area contributed by atoms with Gasteiger partial charge in [-0.2, -0.15) is 0 Å². The summed E-state index contributed by atoms with van der Waals surface area (Å²) in [7, 11) is 0. The van der Waals surface area contributed by atoms with E-state index >= 15 is 0 Å². The number of phenols is 1. The van der Waals surface area contributed by atoms with Crippen LogP contribution in [-0.4, -0.2) is 22.8 Å². The number of ether oxygens (including phenoxy) is 1. The van der Waals surface area contributed by atoms with Gasteiger partial charge in [0.15, 0.2) is 0 Å². The first-order chi connectivity index (χ1) is 15.1. The van der Waals surface area contributed by atoms with Crippen LogP contribution in [0.3, 0.4) is 0 Å². The van der Waals surface area contributed by atoms with Crippen molar-refractivity contribution in [1.29, 1.82) is 0 Å². The number of rotatable bonds is 19. The van der Waals surface area contributed by atoms with Crippen LogP contribution in [-0.2, 0) is 4.74 Å². The molecule has 1 aromatic rings. The second-order valence-electron chi connectivity index (χ2n) is 8.75. The summed E-state index contributed by atoms with van der Waals surface area (Å²) < 4.78 is 4.99. The van der Waals surface area contributed by atoms with Gasteiger partial charge in [0.2, 0.25) is 0 Å². The summed E-state index contributed by atoms with van der Waals surface area (Å²) in [6, 6.07) is 4.53. The fourth-order valence-electron chi connectivity index (χ4n) is 4.03. The van der Waals surface area contributed by atoms with Gasteiger partial charge in [-0.1, -0.05) is 103 Å². The molecule has 4 nitrogen and oxygen atoms in total. The van der Waals surface area contributed by atoms with Gasteiger partial charge in [-0.25, -0.2) is 4.79 Å². The molecular formula is C27H46O4. The Labute approximate surface area is 190 Å². The average molecular weight is 435 g/mol. The molecule has 0 aliphatic carbocycles. The van der Waals surface area contributed by atoms with Gasteiger partial charge in [0.1, 0.15) is 5.75 Å².